The Labute approximate surface area is 212 Å². The summed E-state index contributed by atoms with van der Waals surface area (Å²) in [6.07, 6.45) is 0. The molecule has 3 aromatic carbocycles. The second-order valence-corrected chi connectivity index (χ2v) is 11.4. The summed E-state index contributed by atoms with van der Waals surface area (Å²) in [5.74, 6) is -0.470. The standard InChI is InChI=1S/C24H23BrCl2N2O3S/c1-15-7-9-19(10-8-15)33(31,32)29(13-20-21(26)5-4-6-22(20)27)14-23(30)28-24-16(2)11-18(25)12-17(24)3/h4-12H,13-14H2,1-3H3,(H,28,30). The molecule has 0 aliphatic rings. The number of nitrogens with one attached hydrogen (secondary N) is 1. The molecule has 0 radical (unpaired) electrons. The predicted octanol–water partition coefficient (Wildman–Crippen LogP) is 6.51. The van der Waals surface area contributed by atoms with Crippen molar-refractivity contribution in [3.63, 3.8) is 0 Å². The molecule has 33 heavy (non-hydrogen) atoms. The van der Waals surface area contributed by atoms with E-state index in [1.165, 1.54) is 12.1 Å². The van der Waals surface area contributed by atoms with E-state index in [-0.39, 0.29) is 11.4 Å². The molecule has 0 aliphatic heterocycles. The van der Waals surface area contributed by atoms with Gasteiger partial charge in [0.1, 0.15) is 0 Å². The Bertz CT molecular complexity index is 1250. The maximum absolute atomic E-state index is 13.5. The van der Waals surface area contributed by atoms with Crippen LogP contribution in [0.25, 0.3) is 0 Å². The van der Waals surface area contributed by atoms with Gasteiger partial charge in [0.25, 0.3) is 0 Å². The van der Waals surface area contributed by atoms with Gasteiger partial charge in [-0.2, -0.15) is 4.31 Å². The first-order valence-electron chi connectivity index (χ1n) is 10.1. The highest BCUT2D eigenvalue weighted by Crippen LogP contribution is 2.29. The molecule has 5 nitrogen and oxygen atoms in total. The fraction of sp³-hybridized carbons (Fsp3) is 0.208. The molecular weight excluding hydrogens is 547 g/mol. The van der Waals surface area contributed by atoms with Crippen molar-refractivity contribution in [2.45, 2.75) is 32.2 Å². The summed E-state index contributed by atoms with van der Waals surface area (Å²) in [6.45, 7) is 5.05. The fourth-order valence-electron chi connectivity index (χ4n) is 3.39. The third-order valence-electron chi connectivity index (χ3n) is 5.14. The summed E-state index contributed by atoms with van der Waals surface area (Å²) in [7, 11) is -4.02. The van der Waals surface area contributed by atoms with Crippen LogP contribution in [-0.4, -0.2) is 25.2 Å². The molecule has 0 unspecified atom stereocenters. The number of carbonyl (C=O) groups is 1. The number of halogens is 3. The van der Waals surface area contributed by atoms with Crippen molar-refractivity contribution in [1.82, 2.24) is 4.31 Å². The molecule has 174 valence electrons. The second-order valence-electron chi connectivity index (χ2n) is 7.75. The topological polar surface area (TPSA) is 66.5 Å². The van der Waals surface area contributed by atoms with E-state index >= 15 is 0 Å². The lowest BCUT2D eigenvalue weighted by atomic mass is 10.1. The van der Waals surface area contributed by atoms with Crippen LogP contribution in [0.4, 0.5) is 5.69 Å². The second kappa shape index (κ2) is 10.6. The first-order chi connectivity index (χ1) is 15.5. The molecule has 0 spiro atoms. The first kappa shape index (κ1) is 25.7. The van der Waals surface area contributed by atoms with E-state index in [0.717, 1.165) is 25.5 Å². The van der Waals surface area contributed by atoms with Crippen LogP contribution in [0.5, 0.6) is 0 Å². The van der Waals surface area contributed by atoms with Crippen LogP contribution in [0.3, 0.4) is 0 Å². The molecule has 0 aromatic heterocycles. The van der Waals surface area contributed by atoms with E-state index in [1.807, 2.05) is 32.9 Å². The van der Waals surface area contributed by atoms with Crippen LogP contribution in [0.1, 0.15) is 22.3 Å². The van der Waals surface area contributed by atoms with Gasteiger partial charge in [0.15, 0.2) is 0 Å². The Kier molecular flexibility index (Phi) is 8.24. The van der Waals surface area contributed by atoms with Gasteiger partial charge in [-0.05, 0) is 68.3 Å². The Hall–Kier alpha value is -1.90. The summed E-state index contributed by atoms with van der Waals surface area (Å²) < 4.78 is 29.0. The normalized spacial score (nSPS) is 11.6. The van der Waals surface area contributed by atoms with Crippen molar-refractivity contribution >= 4 is 60.7 Å². The Balaban J connectivity index is 1.96. The third-order valence-corrected chi connectivity index (χ3v) is 8.11. The van der Waals surface area contributed by atoms with Gasteiger partial charge < -0.3 is 5.32 Å². The Morgan fingerprint density at radius 2 is 1.52 bits per heavy atom. The lowest BCUT2D eigenvalue weighted by Crippen LogP contribution is -2.38. The Morgan fingerprint density at radius 1 is 0.970 bits per heavy atom. The number of benzene rings is 3. The van der Waals surface area contributed by atoms with Gasteiger partial charge in [0, 0.05) is 32.3 Å². The summed E-state index contributed by atoms with van der Waals surface area (Å²) in [5.41, 5.74) is 3.72. The van der Waals surface area contributed by atoms with Crippen LogP contribution in [-0.2, 0) is 21.4 Å². The number of hydrogen-bond donors (Lipinski definition) is 1. The van der Waals surface area contributed by atoms with E-state index in [9.17, 15) is 13.2 Å². The van der Waals surface area contributed by atoms with Crippen molar-refractivity contribution in [1.29, 1.82) is 0 Å². The van der Waals surface area contributed by atoms with Gasteiger partial charge in [-0.15, -0.1) is 0 Å². The monoisotopic (exact) mass is 568 g/mol. The first-order valence-corrected chi connectivity index (χ1v) is 13.0. The number of anilines is 1. The summed E-state index contributed by atoms with van der Waals surface area (Å²) >= 11 is 16.0. The molecule has 0 aliphatic carbocycles. The van der Waals surface area contributed by atoms with Crippen LogP contribution in [0, 0.1) is 20.8 Å². The lowest BCUT2D eigenvalue weighted by molar-refractivity contribution is -0.116. The van der Waals surface area contributed by atoms with Gasteiger partial charge >= 0.3 is 0 Å². The molecule has 3 rings (SSSR count). The fourth-order valence-corrected chi connectivity index (χ4v) is 5.96. The average molecular weight is 570 g/mol. The predicted molar refractivity (Wildman–Crippen MR) is 137 cm³/mol. The van der Waals surface area contributed by atoms with Crippen molar-refractivity contribution in [2.24, 2.45) is 0 Å². The molecular formula is C24H23BrCl2N2O3S. The highest BCUT2D eigenvalue weighted by molar-refractivity contribution is 9.10. The zero-order chi connectivity index (χ0) is 24.3. The SMILES string of the molecule is Cc1ccc(S(=O)(=O)N(CC(=O)Nc2c(C)cc(Br)cc2C)Cc2c(Cl)cccc2Cl)cc1. The minimum atomic E-state index is -4.02. The number of amides is 1. The molecule has 0 saturated carbocycles. The number of sulfonamides is 1. The Morgan fingerprint density at radius 3 is 2.06 bits per heavy atom. The quantitative estimate of drug-likeness (QED) is 0.352. The minimum Gasteiger partial charge on any atom is -0.324 e. The molecule has 0 atom stereocenters. The summed E-state index contributed by atoms with van der Waals surface area (Å²) in [5, 5.41) is 3.50. The maximum atomic E-state index is 13.5. The number of hydrogen-bond acceptors (Lipinski definition) is 3. The maximum Gasteiger partial charge on any atom is 0.243 e. The zero-order valence-corrected chi connectivity index (χ0v) is 22.2. The number of rotatable bonds is 7. The molecule has 0 saturated heterocycles. The lowest BCUT2D eigenvalue weighted by Gasteiger charge is -2.23. The average Bonchev–Trinajstić information content (AvgIpc) is 2.73. The zero-order valence-electron chi connectivity index (χ0n) is 18.3. The van der Waals surface area contributed by atoms with E-state index in [0.29, 0.717) is 21.3 Å². The van der Waals surface area contributed by atoms with Crippen molar-refractivity contribution in [3.05, 3.63) is 91.4 Å². The van der Waals surface area contributed by atoms with E-state index in [2.05, 4.69) is 21.2 Å². The molecule has 1 N–H and O–H groups in total. The van der Waals surface area contributed by atoms with Crippen LogP contribution in [0.2, 0.25) is 10.0 Å². The molecule has 9 heteroatoms. The largest absolute Gasteiger partial charge is 0.324 e. The molecule has 0 fully saturated rings. The molecule has 1 amide bonds. The van der Waals surface area contributed by atoms with E-state index in [1.54, 1.807) is 30.3 Å². The summed E-state index contributed by atoms with van der Waals surface area (Å²) in [4.78, 5) is 13.1. The summed E-state index contributed by atoms with van der Waals surface area (Å²) in [6, 6.07) is 15.2. The van der Waals surface area contributed by atoms with Crippen molar-refractivity contribution < 1.29 is 13.2 Å². The molecule has 0 bridgehead atoms. The van der Waals surface area contributed by atoms with Crippen LogP contribution in [0.15, 0.2) is 64.0 Å². The number of nitrogens with zero attached hydrogens (tertiary/aromatic N) is 1. The molecule has 0 heterocycles. The molecule has 3 aromatic rings. The van der Waals surface area contributed by atoms with E-state index in [4.69, 9.17) is 23.2 Å². The van der Waals surface area contributed by atoms with Crippen molar-refractivity contribution in [3.8, 4) is 0 Å². The highest BCUT2D eigenvalue weighted by atomic mass is 79.9. The van der Waals surface area contributed by atoms with Gasteiger partial charge in [-0.25, -0.2) is 8.42 Å². The van der Waals surface area contributed by atoms with Gasteiger partial charge in [0.2, 0.25) is 15.9 Å². The van der Waals surface area contributed by atoms with Crippen LogP contribution >= 0.6 is 39.1 Å². The minimum absolute atomic E-state index is 0.0834. The van der Waals surface area contributed by atoms with Crippen molar-refractivity contribution in [2.75, 3.05) is 11.9 Å². The van der Waals surface area contributed by atoms with E-state index < -0.39 is 22.5 Å². The number of carbonyl (C=O) groups excluding carboxylic acids is 1. The highest BCUT2D eigenvalue weighted by Gasteiger charge is 2.28. The van der Waals surface area contributed by atoms with Gasteiger partial charge in [-0.3, -0.25) is 4.79 Å². The van der Waals surface area contributed by atoms with Gasteiger partial charge in [0.05, 0.1) is 11.4 Å². The third kappa shape index (κ3) is 6.16. The van der Waals surface area contributed by atoms with Crippen LogP contribution < -0.4 is 5.32 Å². The number of aryl methyl sites for hydroxylation is 3. The van der Waals surface area contributed by atoms with Gasteiger partial charge in [-0.1, -0.05) is 62.9 Å². The smallest absolute Gasteiger partial charge is 0.243 e.